The predicted molar refractivity (Wildman–Crippen MR) is 81.7 cm³/mol. The topological polar surface area (TPSA) is 92.4 Å². The summed E-state index contributed by atoms with van der Waals surface area (Å²) in [5.41, 5.74) is 7.35. The Morgan fingerprint density at radius 1 is 1.40 bits per heavy atom. The van der Waals surface area contributed by atoms with Gasteiger partial charge in [0.05, 0.1) is 0 Å². The van der Waals surface area contributed by atoms with Crippen molar-refractivity contribution < 1.29 is 14.7 Å². The summed E-state index contributed by atoms with van der Waals surface area (Å²) in [6, 6.07) is 6.53. The fourth-order valence-corrected chi connectivity index (χ4v) is 2.24. The summed E-state index contributed by atoms with van der Waals surface area (Å²) in [5.74, 6) is -0.559. The number of rotatable bonds is 8. The molecule has 1 amide bonds. The first kappa shape index (κ1) is 16.4. The molecule has 4 N–H and O–H groups in total. The van der Waals surface area contributed by atoms with Crippen molar-refractivity contribution >= 4 is 29.3 Å². The van der Waals surface area contributed by atoms with Crippen molar-refractivity contribution in [3.63, 3.8) is 0 Å². The van der Waals surface area contributed by atoms with E-state index in [1.165, 1.54) is 0 Å². The maximum atomic E-state index is 11.8. The molecule has 0 saturated carbocycles. The molecule has 0 saturated heterocycles. The quantitative estimate of drug-likeness (QED) is 0.633. The molecule has 0 aliphatic heterocycles. The fraction of sp³-hybridized carbons (Fsp3) is 0.429. The van der Waals surface area contributed by atoms with Gasteiger partial charge in [-0.2, -0.15) is 11.8 Å². The monoisotopic (exact) mass is 296 g/mol. The van der Waals surface area contributed by atoms with Gasteiger partial charge in [0.2, 0.25) is 5.91 Å². The van der Waals surface area contributed by atoms with Crippen LogP contribution in [0.5, 0.6) is 0 Å². The van der Waals surface area contributed by atoms with Crippen molar-refractivity contribution in [3.8, 4) is 0 Å². The number of nitrogen functional groups attached to an aromatic ring is 1. The van der Waals surface area contributed by atoms with Crippen molar-refractivity contribution in [3.05, 3.63) is 29.8 Å². The van der Waals surface area contributed by atoms with Crippen molar-refractivity contribution in [1.29, 1.82) is 0 Å². The maximum Gasteiger partial charge on any atom is 0.326 e. The van der Waals surface area contributed by atoms with Crippen LogP contribution in [0.25, 0.3) is 0 Å². The lowest BCUT2D eigenvalue weighted by Gasteiger charge is -2.14. The first-order chi connectivity index (χ1) is 9.54. The molecule has 1 aromatic carbocycles. The zero-order valence-electron chi connectivity index (χ0n) is 11.5. The van der Waals surface area contributed by atoms with E-state index < -0.39 is 12.0 Å². The van der Waals surface area contributed by atoms with Crippen molar-refractivity contribution in [2.24, 2.45) is 0 Å². The van der Waals surface area contributed by atoms with Gasteiger partial charge in [-0.15, -0.1) is 0 Å². The zero-order chi connectivity index (χ0) is 15.0. The third kappa shape index (κ3) is 5.52. The molecule has 0 unspecified atom stereocenters. The van der Waals surface area contributed by atoms with E-state index in [0.29, 0.717) is 24.3 Å². The second-order valence-corrected chi connectivity index (χ2v) is 5.42. The van der Waals surface area contributed by atoms with Gasteiger partial charge < -0.3 is 16.2 Å². The summed E-state index contributed by atoms with van der Waals surface area (Å²) >= 11 is 1.56. The Hall–Kier alpha value is -1.69. The molecule has 1 atom stereocenters. The molecule has 6 heteroatoms. The van der Waals surface area contributed by atoms with E-state index in [0.717, 1.165) is 5.56 Å². The third-order valence-corrected chi connectivity index (χ3v) is 3.56. The second kappa shape index (κ2) is 8.47. The summed E-state index contributed by atoms with van der Waals surface area (Å²) in [5, 5.41) is 11.6. The van der Waals surface area contributed by atoms with Crippen LogP contribution < -0.4 is 11.1 Å². The number of carboxylic acid groups (broad SMARTS) is 1. The Bertz CT molecular complexity index is 465. The number of carbonyl (C=O) groups excluding carboxylic acids is 1. The number of amides is 1. The van der Waals surface area contributed by atoms with E-state index in [4.69, 9.17) is 10.8 Å². The zero-order valence-corrected chi connectivity index (χ0v) is 12.3. The van der Waals surface area contributed by atoms with Gasteiger partial charge in [0, 0.05) is 12.1 Å². The van der Waals surface area contributed by atoms with E-state index in [1.54, 1.807) is 17.8 Å². The highest BCUT2D eigenvalue weighted by atomic mass is 32.2. The predicted octanol–water partition coefficient (Wildman–Crippen LogP) is 1.52. The molecule has 0 heterocycles. The Morgan fingerprint density at radius 3 is 2.70 bits per heavy atom. The standard InChI is InChI=1S/C14H20N2O3S/c1-20-9-8-12(14(18)19)16-13(17)7-6-10-4-2-3-5-11(10)15/h2-5,12H,6-9,15H2,1H3,(H,16,17)(H,18,19)/t12-/m0/s1. The Balaban J connectivity index is 2.46. The number of para-hydroxylation sites is 1. The summed E-state index contributed by atoms with van der Waals surface area (Å²) in [6.45, 7) is 0. The molecule has 0 aliphatic carbocycles. The van der Waals surface area contributed by atoms with Gasteiger partial charge in [-0.1, -0.05) is 18.2 Å². The minimum Gasteiger partial charge on any atom is -0.480 e. The number of carboxylic acids is 1. The third-order valence-electron chi connectivity index (χ3n) is 2.92. The number of aryl methyl sites for hydroxylation is 1. The smallest absolute Gasteiger partial charge is 0.326 e. The molecule has 5 nitrogen and oxygen atoms in total. The first-order valence-electron chi connectivity index (χ1n) is 6.39. The van der Waals surface area contributed by atoms with Gasteiger partial charge in [0.25, 0.3) is 0 Å². The molecule has 0 aromatic heterocycles. The average molecular weight is 296 g/mol. The highest BCUT2D eigenvalue weighted by Gasteiger charge is 2.19. The van der Waals surface area contributed by atoms with Gasteiger partial charge in [-0.05, 0) is 36.5 Å². The average Bonchev–Trinajstić information content (AvgIpc) is 2.42. The van der Waals surface area contributed by atoms with Crippen LogP contribution in [0, 0.1) is 0 Å². The van der Waals surface area contributed by atoms with Crippen molar-refractivity contribution in [2.75, 3.05) is 17.7 Å². The molecule has 0 fully saturated rings. The van der Waals surface area contributed by atoms with E-state index >= 15 is 0 Å². The lowest BCUT2D eigenvalue weighted by atomic mass is 10.1. The molecule has 1 rings (SSSR count). The first-order valence-corrected chi connectivity index (χ1v) is 7.78. The van der Waals surface area contributed by atoms with Gasteiger partial charge in [-0.3, -0.25) is 4.79 Å². The Morgan fingerprint density at radius 2 is 2.10 bits per heavy atom. The molecule has 0 aliphatic rings. The summed E-state index contributed by atoms with van der Waals surface area (Å²) in [6.07, 6.45) is 3.07. The van der Waals surface area contributed by atoms with Gasteiger partial charge in [0.1, 0.15) is 6.04 Å². The minimum absolute atomic E-state index is 0.233. The Labute approximate surface area is 122 Å². The number of nitrogens with one attached hydrogen (secondary N) is 1. The number of aliphatic carboxylic acids is 1. The molecule has 20 heavy (non-hydrogen) atoms. The largest absolute Gasteiger partial charge is 0.480 e. The highest BCUT2D eigenvalue weighted by molar-refractivity contribution is 7.98. The molecule has 0 bridgehead atoms. The fourth-order valence-electron chi connectivity index (χ4n) is 1.77. The molecule has 110 valence electrons. The minimum atomic E-state index is -0.994. The number of anilines is 1. The normalized spacial score (nSPS) is 11.8. The SMILES string of the molecule is CSCC[C@H](NC(=O)CCc1ccccc1N)C(=O)O. The number of benzene rings is 1. The number of carbonyl (C=O) groups is 2. The summed E-state index contributed by atoms with van der Waals surface area (Å²) in [7, 11) is 0. The summed E-state index contributed by atoms with van der Waals surface area (Å²) in [4.78, 5) is 22.8. The molecular weight excluding hydrogens is 276 g/mol. The Kier molecular flexibility index (Phi) is 6.93. The van der Waals surface area contributed by atoms with Crippen LogP contribution in [0.2, 0.25) is 0 Å². The van der Waals surface area contributed by atoms with Crippen LogP contribution in [0.15, 0.2) is 24.3 Å². The van der Waals surface area contributed by atoms with Gasteiger partial charge in [0.15, 0.2) is 0 Å². The molecule has 1 aromatic rings. The van der Waals surface area contributed by atoms with E-state index in [9.17, 15) is 9.59 Å². The molecular formula is C14H20N2O3S. The maximum absolute atomic E-state index is 11.8. The van der Waals surface area contributed by atoms with Crippen molar-refractivity contribution in [2.45, 2.75) is 25.3 Å². The molecule has 0 spiro atoms. The highest BCUT2D eigenvalue weighted by Crippen LogP contribution is 2.12. The van der Waals surface area contributed by atoms with Gasteiger partial charge >= 0.3 is 5.97 Å². The van der Waals surface area contributed by atoms with Crippen LogP contribution in [0.1, 0.15) is 18.4 Å². The summed E-state index contributed by atoms with van der Waals surface area (Å²) < 4.78 is 0. The van der Waals surface area contributed by atoms with E-state index in [1.807, 2.05) is 24.5 Å². The number of thioether (sulfide) groups is 1. The van der Waals surface area contributed by atoms with Crippen molar-refractivity contribution in [1.82, 2.24) is 5.32 Å². The number of hydrogen-bond acceptors (Lipinski definition) is 4. The van der Waals surface area contributed by atoms with Gasteiger partial charge in [-0.25, -0.2) is 4.79 Å². The van der Waals surface area contributed by atoms with Crippen LogP contribution in [-0.4, -0.2) is 35.0 Å². The lowest BCUT2D eigenvalue weighted by Crippen LogP contribution is -2.41. The molecule has 0 radical (unpaired) electrons. The van der Waals surface area contributed by atoms with Crippen LogP contribution in [0.3, 0.4) is 0 Å². The number of hydrogen-bond donors (Lipinski definition) is 3. The van der Waals surface area contributed by atoms with Crippen LogP contribution >= 0.6 is 11.8 Å². The number of nitrogens with two attached hydrogens (primary N) is 1. The second-order valence-electron chi connectivity index (χ2n) is 4.44. The lowest BCUT2D eigenvalue weighted by molar-refractivity contribution is -0.141. The van der Waals surface area contributed by atoms with E-state index in [2.05, 4.69) is 5.32 Å². The van der Waals surface area contributed by atoms with Crippen LogP contribution in [0.4, 0.5) is 5.69 Å². The van der Waals surface area contributed by atoms with E-state index in [-0.39, 0.29) is 12.3 Å². The van der Waals surface area contributed by atoms with Crippen LogP contribution in [-0.2, 0) is 16.0 Å².